The van der Waals surface area contributed by atoms with Gasteiger partial charge >= 0.3 is 0 Å². The number of aldehydes is 1. The van der Waals surface area contributed by atoms with Crippen LogP contribution in [0.15, 0.2) is 12.3 Å². The van der Waals surface area contributed by atoms with E-state index in [0.29, 0.717) is 11.6 Å². The van der Waals surface area contributed by atoms with Gasteiger partial charge in [-0.25, -0.2) is 4.98 Å². The van der Waals surface area contributed by atoms with Crippen molar-refractivity contribution in [2.75, 3.05) is 24.0 Å². The maximum Gasteiger partial charge on any atom is 0.151 e. The fourth-order valence-corrected chi connectivity index (χ4v) is 2.29. The molecular weight excluding hydrogens is 232 g/mol. The van der Waals surface area contributed by atoms with E-state index in [0.717, 1.165) is 29.8 Å². The van der Waals surface area contributed by atoms with E-state index in [4.69, 9.17) is 0 Å². The second kappa shape index (κ2) is 6.64. The molecule has 0 radical (unpaired) electrons. The molecule has 4 heteroatoms. The molecule has 1 atom stereocenters. The summed E-state index contributed by atoms with van der Waals surface area (Å²) in [6.07, 6.45) is 5.72. The SMILES string of the molecule is CSCCC(C)N(C)c1ncc(C=O)cc1C. The zero-order valence-electron chi connectivity index (χ0n) is 10.9. The molecule has 1 aromatic heterocycles. The van der Waals surface area contributed by atoms with Crippen LogP contribution in [0.1, 0.15) is 29.3 Å². The van der Waals surface area contributed by atoms with Gasteiger partial charge in [-0.05, 0) is 43.9 Å². The van der Waals surface area contributed by atoms with Crippen molar-refractivity contribution in [3.8, 4) is 0 Å². The average molecular weight is 252 g/mol. The lowest BCUT2D eigenvalue weighted by molar-refractivity contribution is 0.112. The molecular formula is C13H20N2OS. The van der Waals surface area contributed by atoms with Crippen LogP contribution in [0.25, 0.3) is 0 Å². The quantitative estimate of drug-likeness (QED) is 0.729. The summed E-state index contributed by atoms with van der Waals surface area (Å²) >= 11 is 1.86. The van der Waals surface area contributed by atoms with Crippen LogP contribution in [0.5, 0.6) is 0 Å². The van der Waals surface area contributed by atoms with Crippen molar-refractivity contribution in [1.29, 1.82) is 0 Å². The summed E-state index contributed by atoms with van der Waals surface area (Å²) in [5.74, 6) is 2.11. The molecule has 0 aromatic carbocycles. The van der Waals surface area contributed by atoms with E-state index < -0.39 is 0 Å². The van der Waals surface area contributed by atoms with Gasteiger partial charge in [0.1, 0.15) is 5.82 Å². The molecule has 1 aromatic rings. The first-order valence-corrected chi connectivity index (χ1v) is 7.13. The number of aryl methyl sites for hydroxylation is 1. The molecule has 17 heavy (non-hydrogen) atoms. The molecule has 94 valence electrons. The third-order valence-electron chi connectivity index (χ3n) is 2.94. The lowest BCUT2D eigenvalue weighted by Crippen LogP contribution is -2.30. The van der Waals surface area contributed by atoms with E-state index in [-0.39, 0.29) is 0 Å². The van der Waals surface area contributed by atoms with E-state index in [1.807, 2.05) is 24.8 Å². The number of rotatable bonds is 6. The van der Waals surface area contributed by atoms with Gasteiger partial charge in [-0.1, -0.05) is 0 Å². The van der Waals surface area contributed by atoms with Crippen molar-refractivity contribution in [1.82, 2.24) is 4.98 Å². The van der Waals surface area contributed by atoms with Crippen molar-refractivity contribution in [2.24, 2.45) is 0 Å². The van der Waals surface area contributed by atoms with Gasteiger partial charge in [-0.3, -0.25) is 4.79 Å². The normalized spacial score (nSPS) is 12.2. The number of thioether (sulfide) groups is 1. The average Bonchev–Trinajstić information content (AvgIpc) is 2.34. The summed E-state index contributed by atoms with van der Waals surface area (Å²) in [7, 11) is 2.06. The van der Waals surface area contributed by atoms with E-state index in [1.54, 1.807) is 6.20 Å². The van der Waals surface area contributed by atoms with E-state index in [2.05, 4.69) is 30.1 Å². The smallest absolute Gasteiger partial charge is 0.151 e. The summed E-state index contributed by atoms with van der Waals surface area (Å²) in [6.45, 7) is 4.19. The third kappa shape index (κ3) is 3.73. The van der Waals surface area contributed by atoms with E-state index >= 15 is 0 Å². The summed E-state index contributed by atoms with van der Waals surface area (Å²) in [4.78, 5) is 17.2. The topological polar surface area (TPSA) is 33.2 Å². The predicted molar refractivity (Wildman–Crippen MR) is 75.2 cm³/mol. The Kier molecular flexibility index (Phi) is 5.48. The van der Waals surface area contributed by atoms with Crippen LogP contribution in [0.2, 0.25) is 0 Å². The molecule has 0 fully saturated rings. The van der Waals surface area contributed by atoms with Crippen LogP contribution in [-0.2, 0) is 0 Å². The minimum absolute atomic E-state index is 0.454. The number of carbonyl (C=O) groups excluding carboxylic acids is 1. The summed E-state index contributed by atoms with van der Waals surface area (Å²) < 4.78 is 0. The van der Waals surface area contributed by atoms with Gasteiger partial charge in [0.25, 0.3) is 0 Å². The Bertz CT molecular complexity index is 382. The first kappa shape index (κ1) is 14.0. The Labute approximate surface area is 108 Å². The van der Waals surface area contributed by atoms with Gasteiger partial charge in [-0.2, -0.15) is 11.8 Å². The van der Waals surface area contributed by atoms with Gasteiger partial charge in [0.15, 0.2) is 6.29 Å². The molecule has 0 N–H and O–H groups in total. The van der Waals surface area contributed by atoms with Crippen LogP contribution < -0.4 is 4.90 Å². The van der Waals surface area contributed by atoms with Crippen LogP contribution >= 0.6 is 11.8 Å². The molecule has 0 saturated heterocycles. The van der Waals surface area contributed by atoms with Crippen molar-refractivity contribution in [3.05, 3.63) is 23.4 Å². The first-order valence-electron chi connectivity index (χ1n) is 5.73. The number of carbonyl (C=O) groups is 1. The Morgan fingerprint density at radius 1 is 1.59 bits per heavy atom. The van der Waals surface area contributed by atoms with Crippen LogP contribution in [0, 0.1) is 6.92 Å². The molecule has 0 aliphatic heterocycles. The van der Waals surface area contributed by atoms with Crippen LogP contribution in [0.4, 0.5) is 5.82 Å². The molecule has 0 aliphatic rings. The predicted octanol–water partition coefficient (Wildman–Crippen LogP) is 2.78. The second-order valence-corrected chi connectivity index (χ2v) is 5.25. The molecule has 0 bridgehead atoms. The van der Waals surface area contributed by atoms with Crippen molar-refractivity contribution in [2.45, 2.75) is 26.3 Å². The Morgan fingerprint density at radius 3 is 2.82 bits per heavy atom. The molecule has 0 saturated carbocycles. The largest absolute Gasteiger partial charge is 0.357 e. The number of hydrogen-bond donors (Lipinski definition) is 0. The molecule has 1 rings (SSSR count). The number of aromatic nitrogens is 1. The lowest BCUT2D eigenvalue weighted by atomic mass is 10.1. The zero-order chi connectivity index (χ0) is 12.8. The monoisotopic (exact) mass is 252 g/mol. The van der Waals surface area contributed by atoms with Crippen LogP contribution in [0.3, 0.4) is 0 Å². The van der Waals surface area contributed by atoms with Crippen molar-refractivity contribution >= 4 is 23.9 Å². The number of hydrogen-bond acceptors (Lipinski definition) is 4. The summed E-state index contributed by atoms with van der Waals surface area (Å²) in [6, 6.07) is 2.34. The third-order valence-corrected chi connectivity index (χ3v) is 3.59. The molecule has 1 heterocycles. The second-order valence-electron chi connectivity index (χ2n) is 4.27. The Hall–Kier alpha value is -1.03. The van der Waals surface area contributed by atoms with E-state index in [9.17, 15) is 4.79 Å². The van der Waals surface area contributed by atoms with E-state index in [1.165, 1.54) is 0 Å². The van der Waals surface area contributed by atoms with Gasteiger partial charge in [-0.15, -0.1) is 0 Å². The highest BCUT2D eigenvalue weighted by Crippen LogP contribution is 2.19. The number of anilines is 1. The molecule has 0 spiro atoms. The molecule has 0 amide bonds. The fourth-order valence-electron chi connectivity index (χ4n) is 1.71. The highest BCUT2D eigenvalue weighted by Gasteiger charge is 2.13. The minimum Gasteiger partial charge on any atom is -0.357 e. The number of pyridine rings is 1. The van der Waals surface area contributed by atoms with Gasteiger partial charge < -0.3 is 4.90 Å². The molecule has 3 nitrogen and oxygen atoms in total. The zero-order valence-corrected chi connectivity index (χ0v) is 11.8. The highest BCUT2D eigenvalue weighted by molar-refractivity contribution is 7.98. The standard InChI is InChI=1S/C13H20N2OS/c1-10-7-12(9-16)8-14-13(10)15(3)11(2)5-6-17-4/h7-9,11H,5-6H2,1-4H3. The Morgan fingerprint density at radius 2 is 2.29 bits per heavy atom. The maximum absolute atomic E-state index is 10.7. The first-order chi connectivity index (χ1) is 8.10. The van der Waals surface area contributed by atoms with Crippen molar-refractivity contribution < 1.29 is 4.79 Å². The van der Waals surface area contributed by atoms with Crippen molar-refractivity contribution in [3.63, 3.8) is 0 Å². The Balaban J connectivity index is 2.81. The molecule has 0 aliphatic carbocycles. The van der Waals surface area contributed by atoms with Gasteiger partial charge in [0, 0.05) is 24.8 Å². The van der Waals surface area contributed by atoms with Gasteiger partial charge in [0.05, 0.1) is 0 Å². The lowest BCUT2D eigenvalue weighted by Gasteiger charge is -2.27. The van der Waals surface area contributed by atoms with Crippen LogP contribution in [-0.4, -0.2) is 36.4 Å². The summed E-state index contributed by atoms with van der Waals surface area (Å²) in [5.41, 5.74) is 1.68. The minimum atomic E-state index is 0.454. The number of nitrogens with zero attached hydrogens (tertiary/aromatic N) is 2. The summed E-state index contributed by atoms with van der Waals surface area (Å²) in [5, 5.41) is 0. The molecule has 1 unspecified atom stereocenters. The fraction of sp³-hybridized carbons (Fsp3) is 0.538. The van der Waals surface area contributed by atoms with Gasteiger partial charge in [0.2, 0.25) is 0 Å². The maximum atomic E-state index is 10.7. The highest BCUT2D eigenvalue weighted by atomic mass is 32.2.